The molecular weight excluding hydrogens is 580 g/mol. The lowest BCUT2D eigenvalue weighted by atomic mass is 9.91. The van der Waals surface area contributed by atoms with Gasteiger partial charge < -0.3 is 30.8 Å². The average Bonchev–Trinajstić information content (AvgIpc) is 3.53. The zero-order chi connectivity index (χ0) is 31.9. The van der Waals surface area contributed by atoms with Gasteiger partial charge in [-0.2, -0.15) is 0 Å². The number of carbonyl (C=O) groups excluding carboxylic acids is 2. The van der Waals surface area contributed by atoms with E-state index in [1.54, 1.807) is 12.2 Å². The van der Waals surface area contributed by atoms with Crippen LogP contribution in [0.15, 0.2) is 29.5 Å². The van der Waals surface area contributed by atoms with Crippen LogP contribution in [0.25, 0.3) is 18.2 Å². The Morgan fingerprint density at radius 3 is 2.39 bits per heavy atom. The second-order valence-corrected chi connectivity index (χ2v) is 13.2. The van der Waals surface area contributed by atoms with Crippen molar-refractivity contribution in [3.8, 4) is 0 Å². The third kappa shape index (κ3) is 6.19. The van der Waals surface area contributed by atoms with Crippen LogP contribution in [0.3, 0.4) is 0 Å². The van der Waals surface area contributed by atoms with E-state index in [0.717, 1.165) is 50.3 Å². The zero-order valence-corrected chi connectivity index (χ0v) is 26.2. The number of aromatic nitrogens is 2. The first-order valence-electron chi connectivity index (χ1n) is 14.8. The molecule has 0 spiro atoms. The molecule has 0 unspecified atom stereocenters. The monoisotopic (exact) mass is 619 g/mol. The summed E-state index contributed by atoms with van der Waals surface area (Å²) in [6, 6.07) is -0.229. The number of carbonyl (C=O) groups is 4. The number of allylic oxidation sites excluding steroid dienone is 1. The molecular formula is C33H39N4O6S+. The smallest absolute Gasteiger partial charge is 0.307 e. The van der Waals surface area contributed by atoms with Gasteiger partial charge in [0.25, 0.3) is 5.91 Å². The molecule has 3 aliphatic rings. The summed E-state index contributed by atoms with van der Waals surface area (Å²) in [5.41, 5.74) is 7.32. The minimum Gasteiger partial charge on any atom is -0.481 e. The Morgan fingerprint density at radius 2 is 1.77 bits per heavy atom. The van der Waals surface area contributed by atoms with Gasteiger partial charge in [-0.3, -0.25) is 19.2 Å². The Bertz CT molecular complexity index is 1760. The molecule has 44 heavy (non-hydrogen) atoms. The molecule has 11 heteroatoms. The number of hydrogen-bond acceptors (Lipinski definition) is 4. The standard InChI is InChI=1S/C33H38N4O6S/c1-6-19-15(2)24(36-33(19)43)11-22-16(3)20(7-9-29(38)39)25(34-22)13-26-21(8-10-30(40)41)17(4)23(35-26)12-27-31(28-14-44-28)18(5)32(42)37-27/h6-7,12-13,18,24,28,31,34-35H,1,8-11,14H2,2-5H3,(H,36,43)(H,37,42)(H,38,39)(H,40,41)/p+1/b20-7+,25-13-,27-12-/t18-,24-,28-,31-/m1/s1. The van der Waals surface area contributed by atoms with E-state index in [2.05, 4.69) is 27.2 Å². The van der Waals surface area contributed by atoms with E-state index in [-0.39, 0.29) is 42.5 Å². The molecule has 2 aromatic heterocycles. The quantitative estimate of drug-likeness (QED) is 0.127. The summed E-state index contributed by atoms with van der Waals surface area (Å²) < 4.78 is 0. The van der Waals surface area contributed by atoms with Gasteiger partial charge in [0.1, 0.15) is 0 Å². The van der Waals surface area contributed by atoms with E-state index >= 15 is 0 Å². The van der Waals surface area contributed by atoms with E-state index in [1.807, 2.05) is 39.8 Å². The van der Waals surface area contributed by atoms with E-state index in [0.29, 0.717) is 34.7 Å². The van der Waals surface area contributed by atoms with Gasteiger partial charge in [0.15, 0.2) is 11.0 Å². The first-order valence-corrected chi connectivity index (χ1v) is 15.9. The van der Waals surface area contributed by atoms with Crippen LogP contribution in [-0.4, -0.2) is 61.0 Å². The van der Waals surface area contributed by atoms with Crippen molar-refractivity contribution in [3.05, 3.63) is 73.8 Å². The molecule has 5 rings (SSSR count). The minimum absolute atomic E-state index is 0.0159. The van der Waals surface area contributed by atoms with Crippen molar-refractivity contribution in [3.63, 3.8) is 0 Å². The number of carboxylic acid groups (broad SMARTS) is 2. The van der Waals surface area contributed by atoms with Gasteiger partial charge in [0.05, 0.1) is 18.4 Å². The van der Waals surface area contributed by atoms with Crippen LogP contribution in [-0.2, 0) is 43.8 Å². The summed E-state index contributed by atoms with van der Waals surface area (Å²) >= 11 is 1.35. The zero-order valence-electron chi connectivity index (χ0n) is 25.3. The summed E-state index contributed by atoms with van der Waals surface area (Å²) in [6.07, 6.45) is 7.64. The molecule has 5 heterocycles. The van der Waals surface area contributed by atoms with Gasteiger partial charge >= 0.3 is 11.9 Å². The number of rotatable bonds is 11. The van der Waals surface area contributed by atoms with Gasteiger partial charge in [0.2, 0.25) is 5.91 Å². The molecule has 0 aliphatic carbocycles. The van der Waals surface area contributed by atoms with Crippen molar-refractivity contribution in [2.75, 3.05) is 5.75 Å². The fraction of sp³-hybridized carbons (Fsp3) is 0.394. The number of hydrogen-bond donors (Lipinski definition) is 6. The van der Waals surface area contributed by atoms with Crippen LogP contribution in [0.1, 0.15) is 60.5 Å². The molecule has 0 bridgehead atoms. The maximum absolute atomic E-state index is 12.6. The second-order valence-electron chi connectivity index (χ2n) is 11.8. The molecule has 2 saturated heterocycles. The molecule has 4 atom stereocenters. The third-order valence-electron chi connectivity index (χ3n) is 9.04. The van der Waals surface area contributed by atoms with Crippen LogP contribution < -0.4 is 21.2 Å². The van der Waals surface area contributed by atoms with Crippen molar-refractivity contribution < 1.29 is 29.4 Å². The summed E-state index contributed by atoms with van der Waals surface area (Å²) in [5, 5.41) is 26.8. The first kappa shape index (κ1) is 31.2. The van der Waals surface area contributed by atoms with Gasteiger partial charge in [-0.05, 0) is 78.6 Å². The van der Waals surface area contributed by atoms with E-state index in [1.165, 1.54) is 11.8 Å². The minimum atomic E-state index is -0.959. The van der Waals surface area contributed by atoms with Crippen LogP contribution >= 0.6 is 0 Å². The second kappa shape index (κ2) is 12.4. The highest BCUT2D eigenvalue weighted by Crippen LogP contribution is 2.38. The molecule has 0 saturated carbocycles. The topological polar surface area (TPSA) is 164 Å². The number of thiol groups is 1. The summed E-state index contributed by atoms with van der Waals surface area (Å²) in [5.74, 6) is -0.918. The van der Waals surface area contributed by atoms with E-state index in [9.17, 15) is 29.4 Å². The Balaban J connectivity index is 1.61. The number of aliphatic carboxylic acids is 2. The normalized spacial score (nSPS) is 24.8. The van der Waals surface area contributed by atoms with Crippen molar-refractivity contribution in [2.24, 2.45) is 11.8 Å². The summed E-state index contributed by atoms with van der Waals surface area (Å²) in [4.78, 5) is 55.0. The van der Waals surface area contributed by atoms with Crippen molar-refractivity contribution in [1.29, 1.82) is 0 Å². The highest BCUT2D eigenvalue weighted by Gasteiger charge is 2.52. The van der Waals surface area contributed by atoms with Crippen molar-refractivity contribution >= 4 is 53.7 Å². The molecule has 0 radical (unpaired) electrons. The van der Waals surface area contributed by atoms with Crippen LogP contribution in [0.4, 0.5) is 0 Å². The predicted octanol–water partition coefficient (Wildman–Crippen LogP) is 1.52. The van der Waals surface area contributed by atoms with Gasteiger partial charge in [0, 0.05) is 52.5 Å². The van der Waals surface area contributed by atoms with E-state index in [4.69, 9.17) is 0 Å². The van der Waals surface area contributed by atoms with E-state index < -0.39 is 11.9 Å². The number of carboxylic acids is 2. The Labute approximate surface area is 259 Å². The number of amides is 2. The number of H-pyrrole nitrogens is 2. The van der Waals surface area contributed by atoms with Gasteiger partial charge in [-0.25, -0.2) is 0 Å². The summed E-state index contributed by atoms with van der Waals surface area (Å²) in [6.45, 7) is 11.5. The SMILES string of the molecule is C=CC1=C(C)[C@@H](Cc2[nH]c(=C\c3[nH]c(/C=C4\NC(=O)[C@H](C)[C@H]4[C@H]4C[SH+]4)c(C)c3CCC(=O)O)/c(=C/CC(=O)O)c2C)NC1=O. The van der Waals surface area contributed by atoms with Crippen molar-refractivity contribution in [2.45, 2.75) is 64.7 Å². The first-order chi connectivity index (χ1) is 20.9. The fourth-order valence-corrected chi connectivity index (χ4v) is 7.36. The molecule has 0 aromatic carbocycles. The van der Waals surface area contributed by atoms with Gasteiger partial charge in [-0.1, -0.05) is 25.7 Å². The van der Waals surface area contributed by atoms with Crippen LogP contribution in [0.5, 0.6) is 0 Å². The average molecular weight is 620 g/mol. The van der Waals surface area contributed by atoms with Crippen LogP contribution in [0, 0.1) is 25.7 Å². The van der Waals surface area contributed by atoms with Gasteiger partial charge in [-0.15, -0.1) is 0 Å². The Morgan fingerprint density at radius 1 is 1.05 bits per heavy atom. The maximum atomic E-state index is 12.6. The number of aromatic amines is 2. The molecule has 3 aliphatic heterocycles. The molecule has 2 aromatic rings. The Hall–Kier alpha value is -4.25. The van der Waals surface area contributed by atoms with Crippen molar-refractivity contribution in [1.82, 2.24) is 20.6 Å². The summed E-state index contributed by atoms with van der Waals surface area (Å²) in [7, 11) is 0. The fourth-order valence-electron chi connectivity index (χ4n) is 6.36. The highest BCUT2D eigenvalue weighted by molar-refractivity contribution is 7.86. The largest absolute Gasteiger partial charge is 0.481 e. The molecule has 6 N–H and O–H groups in total. The molecule has 2 amide bonds. The lowest BCUT2D eigenvalue weighted by Gasteiger charge is -2.12. The van der Waals surface area contributed by atoms with Crippen LogP contribution in [0.2, 0.25) is 0 Å². The molecule has 232 valence electrons. The lowest BCUT2D eigenvalue weighted by molar-refractivity contribution is -0.137. The maximum Gasteiger partial charge on any atom is 0.307 e. The molecule has 2 fully saturated rings. The number of nitrogens with one attached hydrogen (secondary N) is 4. The highest BCUT2D eigenvalue weighted by atomic mass is 32.2. The Kier molecular flexibility index (Phi) is 8.78. The predicted molar refractivity (Wildman–Crippen MR) is 171 cm³/mol. The third-order valence-corrected chi connectivity index (χ3v) is 10.1. The molecule has 10 nitrogen and oxygen atoms in total. The lowest BCUT2D eigenvalue weighted by Crippen LogP contribution is -2.30.